The topological polar surface area (TPSA) is 63.4 Å². The largest absolute Gasteiger partial charge is 0.375 e. The lowest BCUT2D eigenvalue weighted by Crippen LogP contribution is -2.47. The molecule has 1 atom stereocenters. The molecule has 0 bridgehead atoms. The molecule has 2 saturated heterocycles. The smallest absolute Gasteiger partial charge is 0.184 e. The van der Waals surface area contributed by atoms with E-state index in [-0.39, 0.29) is 10.9 Å². The highest BCUT2D eigenvalue weighted by Gasteiger charge is 2.28. The van der Waals surface area contributed by atoms with Gasteiger partial charge in [0.15, 0.2) is 5.11 Å². The van der Waals surface area contributed by atoms with E-state index in [1.165, 1.54) is 16.8 Å². The molecule has 0 radical (unpaired) electrons. The van der Waals surface area contributed by atoms with Crippen molar-refractivity contribution in [1.29, 1.82) is 0 Å². The SMILES string of the molecule is Cc1cccc(N2CCN(c3cc(N4CC[C@@H](N(C)C)C4)c(C=NNC(N)=S)cc3F)CC2)c1C. The minimum Gasteiger partial charge on any atom is -0.375 e. The van der Waals surface area contributed by atoms with Gasteiger partial charge in [-0.3, -0.25) is 5.43 Å². The lowest BCUT2D eigenvalue weighted by Gasteiger charge is -2.38. The molecule has 7 nitrogen and oxygen atoms in total. The number of benzene rings is 2. The first-order valence-corrected chi connectivity index (χ1v) is 12.5. The lowest BCUT2D eigenvalue weighted by molar-refractivity contribution is 0.315. The molecule has 0 aromatic heterocycles. The van der Waals surface area contributed by atoms with Crippen LogP contribution in [0.4, 0.5) is 21.5 Å². The van der Waals surface area contributed by atoms with Crippen LogP contribution in [0.2, 0.25) is 0 Å². The van der Waals surface area contributed by atoms with E-state index < -0.39 is 0 Å². The monoisotopic (exact) mass is 497 g/mol. The van der Waals surface area contributed by atoms with Gasteiger partial charge in [-0.25, -0.2) is 4.39 Å². The van der Waals surface area contributed by atoms with Crippen LogP contribution in [0.15, 0.2) is 35.4 Å². The number of rotatable bonds is 6. The third kappa shape index (κ3) is 5.67. The molecule has 3 N–H and O–H groups in total. The molecule has 2 aromatic rings. The fourth-order valence-electron chi connectivity index (χ4n) is 5.00. The molecule has 0 unspecified atom stereocenters. The highest BCUT2D eigenvalue weighted by molar-refractivity contribution is 7.80. The van der Waals surface area contributed by atoms with E-state index in [1.807, 2.05) is 6.07 Å². The number of hydrogen-bond donors (Lipinski definition) is 2. The van der Waals surface area contributed by atoms with Gasteiger partial charge in [-0.05, 0) is 75.9 Å². The number of piperazine rings is 1. The Morgan fingerprint density at radius 3 is 2.37 bits per heavy atom. The number of anilines is 3. The van der Waals surface area contributed by atoms with Crippen molar-refractivity contribution in [3.8, 4) is 0 Å². The van der Waals surface area contributed by atoms with Gasteiger partial charge in [0.05, 0.1) is 11.9 Å². The fourth-order valence-corrected chi connectivity index (χ4v) is 5.05. The molecular weight excluding hydrogens is 461 g/mol. The molecule has 2 heterocycles. The normalized spacial score (nSPS) is 18.7. The summed E-state index contributed by atoms with van der Waals surface area (Å²) in [6, 6.07) is 10.5. The van der Waals surface area contributed by atoms with Gasteiger partial charge in [0.2, 0.25) is 0 Å². The number of halogens is 1. The van der Waals surface area contributed by atoms with Crippen molar-refractivity contribution in [2.45, 2.75) is 26.3 Å². The molecule has 4 rings (SSSR count). The quantitative estimate of drug-likeness (QED) is 0.361. The van der Waals surface area contributed by atoms with Crippen molar-refractivity contribution in [2.24, 2.45) is 10.8 Å². The summed E-state index contributed by atoms with van der Waals surface area (Å²) in [6.07, 6.45) is 2.67. The van der Waals surface area contributed by atoms with E-state index in [9.17, 15) is 0 Å². The Balaban J connectivity index is 1.57. The van der Waals surface area contributed by atoms with Gasteiger partial charge in [0.25, 0.3) is 0 Å². The van der Waals surface area contributed by atoms with Gasteiger partial charge >= 0.3 is 0 Å². The maximum atomic E-state index is 15.4. The van der Waals surface area contributed by atoms with Crippen molar-refractivity contribution >= 4 is 40.6 Å². The predicted molar refractivity (Wildman–Crippen MR) is 149 cm³/mol. The third-order valence-electron chi connectivity index (χ3n) is 7.25. The number of nitrogens with two attached hydrogens (primary N) is 1. The molecule has 0 spiro atoms. The average molecular weight is 498 g/mol. The van der Waals surface area contributed by atoms with Crippen LogP contribution in [0.5, 0.6) is 0 Å². The minimum atomic E-state index is -0.242. The average Bonchev–Trinajstić information content (AvgIpc) is 3.32. The number of nitrogens with one attached hydrogen (secondary N) is 1. The summed E-state index contributed by atoms with van der Waals surface area (Å²) >= 11 is 4.84. The zero-order valence-electron chi connectivity index (χ0n) is 21.1. The molecule has 2 aliphatic heterocycles. The molecule has 35 heavy (non-hydrogen) atoms. The fraction of sp³-hybridized carbons (Fsp3) is 0.462. The predicted octanol–water partition coefficient (Wildman–Crippen LogP) is 3.08. The minimum absolute atomic E-state index is 0.0791. The van der Waals surface area contributed by atoms with Crippen molar-refractivity contribution in [1.82, 2.24) is 10.3 Å². The molecular formula is C26H36FN7S. The first-order valence-electron chi connectivity index (χ1n) is 12.1. The van der Waals surface area contributed by atoms with E-state index in [0.717, 1.165) is 51.4 Å². The highest BCUT2D eigenvalue weighted by atomic mass is 32.1. The van der Waals surface area contributed by atoms with Crippen LogP contribution in [-0.4, -0.2) is 75.6 Å². The molecule has 0 aliphatic carbocycles. The summed E-state index contributed by atoms with van der Waals surface area (Å²) in [5.41, 5.74) is 14.3. The van der Waals surface area contributed by atoms with Gasteiger partial charge in [-0.1, -0.05) is 12.1 Å². The Kier molecular flexibility index (Phi) is 7.76. The van der Waals surface area contributed by atoms with Crippen LogP contribution in [0, 0.1) is 19.7 Å². The molecule has 2 aliphatic rings. The lowest BCUT2D eigenvalue weighted by atomic mass is 10.1. The second-order valence-electron chi connectivity index (χ2n) is 9.64. The highest BCUT2D eigenvalue weighted by Crippen LogP contribution is 2.33. The first kappa shape index (κ1) is 25.2. The van der Waals surface area contributed by atoms with Crippen LogP contribution in [0.3, 0.4) is 0 Å². The van der Waals surface area contributed by atoms with Crippen molar-refractivity contribution in [3.63, 3.8) is 0 Å². The Morgan fingerprint density at radius 1 is 1.06 bits per heavy atom. The summed E-state index contributed by atoms with van der Waals surface area (Å²) in [6.45, 7) is 9.36. The summed E-state index contributed by atoms with van der Waals surface area (Å²) in [5.74, 6) is -0.242. The van der Waals surface area contributed by atoms with E-state index in [4.69, 9.17) is 18.0 Å². The number of hydrazone groups is 1. The number of nitrogens with zero attached hydrogens (tertiary/aromatic N) is 5. The van der Waals surface area contributed by atoms with Gasteiger partial charge in [0.1, 0.15) is 5.82 Å². The van der Waals surface area contributed by atoms with Crippen molar-refractivity contribution in [2.75, 3.05) is 68.1 Å². The second kappa shape index (κ2) is 10.8. The standard InChI is InChI=1S/C26H36FN7S/c1-18-6-5-7-23(19(18)2)32-10-12-33(13-11-32)25-15-24(34-9-8-21(17-34)31(3)4)20(14-22(25)27)16-29-30-26(28)35/h5-7,14-16,21H,8-13,17H2,1-4H3,(H3,28,30,35)/t21-/m1/s1. The number of likely N-dealkylation sites (N-methyl/N-ethyl adjacent to an activating group) is 1. The molecule has 2 aromatic carbocycles. The molecule has 188 valence electrons. The number of aryl methyl sites for hydroxylation is 1. The molecule has 0 amide bonds. The zero-order valence-corrected chi connectivity index (χ0v) is 21.9. The van der Waals surface area contributed by atoms with Crippen LogP contribution < -0.4 is 25.9 Å². The summed E-state index contributed by atoms with van der Waals surface area (Å²) in [7, 11) is 4.21. The Morgan fingerprint density at radius 2 is 1.74 bits per heavy atom. The van der Waals surface area contributed by atoms with Crippen molar-refractivity contribution in [3.05, 3.63) is 52.8 Å². The number of hydrogen-bond acceptors (Lipinski definition) is 6. The summed E-state index contributed by atoms with van der Waals surface area (Å²) < 4.78 is 15.4. The van der Waals surface area contributed by atoms with Gasteiger partial charge < -0.3 is 25.3 Å². The van der Waals surface area contributed by atoms with E-state index in [0.29, 0.717) is 17.3 Å². The maximum absolute atomic E-state index is 15.4. The van der Waals surface area contributed by atoms with Gasteiger partial charge in [-0.2, -0.15) is 5.10 Å². The third-order valence-corrected chi connectivity index (χ3v) is 7.34. The molecule has 2 fully saturated rings. The van der Waals surface area contributed by atoms with Crippen molar-refractivity contribution < 1.29 is 4.39 Å². The van der Waals surface area contributed by atoms with E-state index >= 15 is 4.39 Å². The van der Waals surface area contributed by atoms with Crippen LogP contribution >= 0.6 is 12.2 Å². The van der Waals surface area contributed by atoms with E-state index in [1.54, 1.807) is 12.3 Å². The van der Waals surface area contributed by atoms with Crippen LogP contribution in [0.1, 0.15) is 23.1 Å². The van der Waals surface area contributed by atoms with Crippen LogP contribution in [-0.2, 0) is 0 Å². The number of thiocarbonyl (C=S) groups is 1. The Hall–Kier alpha value is -2.91. The Bertz CT molecular complexity index is 1100. The second-order valence-corrected chi connectivity index (χ2v) is 10.1. The summed E-state index contributed by atoms with van der Waals surface area (Å²) in [4.78, 5) is 9.14. The van der Waals surface area contributed by atoms with E-state index in [2.05, 4.69) is 76.3 Å². The molecule has 0 saturated carbocycles. The zero-order chi connectivity index (χ0) is 25.1. The van der Waals surface area contributed by atoms with Crippen LogP contribution in [0.25, 0.3) is 0 Å². The van der Waals surface area contributed by atoms with Gasteiger partial charge in [-0.15, -0.1) is 0 Å². The van der Waals surface area contributed by atoms with Gasteiger partial charge in [0, 0.05) is 62.2 Å². The Labute approximate surface area is 213 Å². The first-order chi connectivity index (χ1) is 16.7. The maximum Gasteiger partial charge on any atom is 0.184 e. The summed E-state index contributed by atoms with van der Waals surface area (Å²) in [5, 5.41) is 4.18. The molecule has 9 heteroatoms.